The second kappa shape index (κ2) is 8.93. The van der Waals surface area contributed by atoms with Crippen LogP contribution in [0.2, 0.25) is 5.02 Å². The molecule has 2 heterocycles. The summed E-state index contributed by atoms with van der Waals surface area (Å²) in [6, 6.07) is 12.3. The van der Waals surface area contributed by atoms with Crippen LogP contribution in [-0.2, 0) is 0 Å². The lowest BCUT2D eigenvalue weighted by Gasteiger charge is -2.18. The molecule has 1 saturated heterocycles. The van der Waals surface area contributed by atoms with Crippen LogP contribution in [0.15, 0.2) is 60.0 Å². The van der Waals surface area contributed by atoms with Gasteiger partial charge in [-0.15, -0.1) is 0 Å². The van der Waals surface area contributed by atoms with E-state index in [1.807, 2.05) is 29.2 Å². The number of halogens is 1. The fraction of sp³-hybridized carbons (Fsp3) is 0.227. The van der Waals surface area contributed by atoms with Gasteiger partial charge in [0.2, 0.25) is 0 Å². The number of likely N-dealkylation sites (tertiary alicyclic amines) is 1. The molecule has 30 heavy (non-hydrogen) atoms. The van der Waals surface area contributed by atoms with Crippen LogP contribution < -0.4 is 5.32 Å². The Morgan fingerprint density at radius 3 is 2.70 bits per heavy atom. The van der Waals surface area contributed by atoms with Gasteiger partial charge in [-0.2, -0.15) is 0 Å². The van der Waals surface area contributed by atoms with Crippen molar-refractivity contribution in [2.45, 2.75) is 18.0 Å². The number of carbonyl (C=O) groups is 2. The number of imidazole rings is 1. The first-order valence-electron chi connectivity index (χ1n) is 9.65. The molecule has 0 spiro atoms. The number of anilines is 1. The maximum Gasteiger partial charge on any atom is 0.256 e. The van der Waals surface area contributed by atoms with Crippen molar-refractivity contribution in [3.05, 3.63) is 71.0 Å². The van der Waals surface area contributed by atoms with Gasteiger partial charge in [0.15, 0.2) is 5.16 Å². The van der Waals surface area contributed by atoms with Crippen molar-refractivity contribution in [1.29, 1.82) is 0 Å². The zero-order valence-electron chi connectivity index (χ0n) is 16.5. The molecule has 1 N–H and O–H groups in total. The lowest BCUT2D eigenvalue weighted by Crippen LogP contribution is -2.28. The van der Waals surface area contributed by atoms with Crippen LogP contribution in [0.25, 0.3) is 5.69 Å². The summed E-state index contributed by atoms with van der Waals surface area (Å²) in [5.41, 5.74) is 2.20. The number of rotatable bonds is 5. The van der Waals surface area contributed by atoms with Gasteiger partial charge in [-0.1, -0.05) is 29.4 Å². The predicted octanol–water partition coefficient (Wildman–Crippen LogP) is 4.74. The van der Waals surface area contributed by atoms with Crippen LogP contribution in [0.4, 0.5) is 5.69 Å². The zero-order chi connectivity index (χ0) is 21.1. The normalized spacial score (nSPS) is 13.5. The molecule has 1 aliphatic rings. The average molecular weight is 441 g/mol. The Labute approximate surface area is 184 Å². The molecule has 2 amide bonds. The van der Waals surface area contributed by atoms with E-state index in [0.29, 0.717) is 21.8 Å². The molecule has 0 saturated carbocycles. The molecule has 4 rings (SSSR count). The maximum atomic E-state index is 13.0. The monoisotopic (exact) mass is 440 g/mol. The van der Waals surface area contributed by atoms with Gasteiger partial charge in [-0.25, -0.2) is 4.98 Å². The molecular formula is C22H21ClN4O2S. The highest BCUT2D eigenvalue weighted by Crippen LogP contribution is 2.25. The maximum absolute atomic E-state index is 13.0. The fourth-order valence-corrected chi connectivity index (χ4v) is 4.22. The number of thioether (sulfide) groups is 1. The van der Waals surface area contributed by atoms with Gasteiger partial charge in [-0.3, -0.25) is 14.2 Å². The van der Waals surface area contributed by atoms with E-state index in [4.69, 9.17) is 11.6 Å². The second-order valence-corrected chi connectivity index (χ2v) is 8.19. The van der Waals surface area contributed by atoms with Gasteiger partial charge >= 0.3 is 0 Å². The fourth-order valence-electron chi connectivity index (χ4n) is 3.52. The SMILES string of the molecule is CSc1nccn1-c1cccc(C(=O)Nc2ccc(Cl)cc2C(=O)N2CCCC2)c1. The molecule has 8 heteroatoms. The largest absolute Gasteiger partial charge is 0.339 e. The Hall–Kier alpha value is -2.77. The van der Waals surface area contributed by atoms with Crippen molar-refractivity contribution < 1.29 is 9.59 Å². The molecular weight excluding hydrogens is 420 g/mol. The van der Waals surface area contributed by atoms with E-state index in [2.05, 4.69) is 10.3 Å². The van der Waals surface area contributed by atoms with Gasteiger partial charge in [0.1, 0.15) is 0 Å². The minimum Gasteiger partial charge on any atom is -0.339 e. The van der Waals surface area contributed by atoms with Crippen molar-refractivity contribution >= 4 is 40.9 Å². The van der Waals surface area contributed by atoms with Gasteiger partial charge in [0.05, 0.1) is 11.3 Å². The third-order valence-electron chi connectivity index (χ3n) is 5.03. The zero-order valence-corrected chi connectivity index (χ0v) is 18.0. The topological polar surface area (TPSA) is 67.2 Å². The number of nitrogens with one attached hydrogen (secondary N) is 1. The van der Waals surface area contributed by atoms with E-state index in [9.17, 15) is 9.59 Å². The first-order valence-corrected chi connectivity index (χ1v) is 11.2. The first kappa shape index (κ1) is 20.5. The number of nitrogens with zero attached hydrogens (tertiary/aromatic N) is 3. The molecule has 0 aliphatic carbocycles. The Bertz CT molecular complexity index is 1090. The highest BCUT2D eigenvalue weighted by Gasteiger charge is 2.23. The van der Waals surface area contributed by atoms with Gasteiger partial charge in [0.25, 0.3) is 11.8 Å². The minimum atomic E-state index is -0.291. The summed E-state index contributed by atoms with van der Waals surface area (Å²) in [4.78, 5) is 32.0. The summed E-state index contributed by atoms with van der Waals surface area (Å²) in [6.45, 7) is 1.45. The molecule has 0 radical (unpaired) electrons. The Balaban J connectivity index is 1.60. The molecule has 0 unspecified atom stereocenters. The summed E-state index contributed by atoms with van der Waals surface area (Å²) in [5, 5.41) is 4.18. The number of amides is 2. The van der Waals surface area contributed by atoms with Crippen LogP contribution >= 0.6 is 23.4 Å². The third-order valence-corrected chi connectivity index (χ3v) is 5.93. The Morgan fingerprint density at radius 2 is 1.93 bits per heavy atom. The van der Waals surface area contributed by atoms with E-state index in [1.165, 1.54) is 11.8 Å². The lowest BCUT2D eigenvalue weighted by atomic mass is 10.1. The molecule has 6 nitrogen and oxygen atoms in total. The Morgan fingerprint density at radius 1 is 1.13 bits per heavy atom. The number of hydrogen-bond acceptors (Lipinski definition) is 4. The van der Waals surface area contributed by atoms with E-state index >= 15 is 0 Å². The summed E-state index contributed by atoms with van der Waals surface area (Å²) >= 11 is 7.66. The molecule has 0 bridgehead atoms. The van der Waals surface area contributed by atoms with Gasteiger partial charge in [0, 0.05) is 41.8 Å². The van der Waals surface area contributed by atoms with Crippen molar-refractivity contribution in [2.75, 3.05) is 24.7 Å². The number of carbonyl (C=O) groups excluding carboxylic acids is 2. The summed E-state index contributed by atoms with van der Waals surface area (Å²) in [5.74, 6) is -0.400. The van der Waals surface area contributed by atoms with Crippen molar-refractivity contribution in [1.82, 2.24) is 14.5 Å². The number of benzene rings is 2. The third kappa shape index (κ3) is 4.22. The smallest absolute Gasteiger partial charge is 0.256 e. The number of hydrogen-bond donors (Lipinski definition) is 1. The summed E-state index contributed by atoms with van der Waals surface area (Å²) < 4.78 is 1.92. The molecule has 1 aliphatic heterocycles. The van der Waals surface area contributed by atoms with E-state index < -0.39 is 0 Å². The van der Waals surface area contributed by atoms with Gasteiger partial charge in [-0.05, 0) is 55.5 Å². The molecule has 2 aromatic carbocycles. The van der Waals surface area contributed by atoms with Crippen LogP contribution in [0.1, 0.15) is 33.6 Å². The van der Waals surface area contributed by atoms with Crippen molar-refractivity contribution in [3.63, 3.8) is 0 Å². The standard InChI is InChI=1S/C22H21ClN4O2S/c1-30-22-24-9-12-27(22)17-6-4-5-15(13-17)20(28)25-19-8-7-16(23)14-18(19)21(29)26-10-2-3-11-26/h4-9,12-14H,2-3,10-11H2,1H3,(H,25,28). The van der Waals surface area contributed by atoms with Crippen LogP contribution in [0.5, 0.6) is 0 Å². The molecule has 1 aromatic heterocycles. The predicted molar refractivity (Wildman–Crippen MR) is 120 cm³/mol. The number of aromatic nitrogens is 2. The molecule has 3 aromatic rings. The van der Waals surface area contributed by atoms with Crippen LogP contribution in [0, 0.1) is 0 Å². The van der Waals surface area contributed by atoms with Crippen molar-refractivity contribution in [3.8, 4) is 5.69 Å². The van der Waals surface area contributed by atoms with Crippen molar-refractivity contribution in [2.24, 2.45) is 0 Å². The first-order chi connectivity index (χ1) is 14.6. The quantitative estimate of drug-likeness (QED) is 0.582. The van der Waals surface area contributed by atoms with E-state index in [1.54, 1.807) is 41.4 Å². The highest BCUT2D eigenvalue weighted by molar-refractivity contribution is 7.98. The summed E-state index contributed by atoms with van der Waals surface area (Å²) in [7, 11) is 0. The highest BCUT2D eigenvalue weighted by atomic mass is 35.5. The molecule has 1 fully saturated rings. The van der Waals surface area contributed by atoms with Crippen LogP contribution in [0.3, 0.4) is 0 Å². The summed E-state index contributed by atoms with van der Waals surface area (Å²) in [6.07, 6.45) is 7.52. The van der Waals surface area contributed by atoms with Gasteiger partial charge < -0.3 is 10.2 Å². The Kier molecular flexibility index (Phi) is 6.11. The van der Waals surface area contributed by atoms with E-state index in [0.717, 1.165) is 36.8 Å². The van der Waals surface area contributed by atoms with Crippen LogP contribution in [-0.4, -0.2) is 45.6 Å². The molecule has 154 valence electrons. The minimum absolute atomic E-state index is 0.109. The van der Waals surface area contributed by atoms with E-state index in [-0.39, 0.29) is 11.8 Å². The second-order valence-electron chi connectivity index (χ2n) is 6.98. The average Bonchev–Trinajstić information content (AvgIpc) is 3.46. The lowest BCUT2D eigenvalue weighted by molar-refractivity contribution is 0.0794. The molecule has 0 atom stereocenters.